The molecule has 0 aromatic heterocycles. The Hall–Kier alpha value is -1.59. The number of rotatable bonds is 7. The zero-order valence-corrected chi connectivity index (χ0v) is 9.77. The number of aliphatic hydroxyl groups is 1. The third kappa shape index (κ3) is 4.42. The number of carboxylic acid groups (broad SMARTS) is 1. The fourth-order valence-electron chi connectivity index (χ4n) is 1.45. The third-order valence-corrected chi connectivity index (χ3v) is 2.27. The van der Waals surface area contributed by atoms with E-state index in [1.54, 1.807) is 25.1 Å². The zero-order chi connectivity index (χ0) is 12.7. The van der Waals surface area contributed by atoms with Gasteiger partial charge in [-0.05, 0) is 30.7 Å². The molecule has 0 heterocycles. The molecular weight excluding hydrogens is 222 g/mol. The molecule has 1 aromatic rings. The van der Waals surface area contributed by atoms with Crippen LogP contribution in [0.3, 0.4) is 0 Å². The van der Waals surface area contributed by atoms with E-state index in [0.717, 1.165) is 11.3 Å². The van der Waals surface area contributed by atoms with Gasteiger partial charge in [-0.3, -0.25) is 0 Å². The Bertz CT molecular complexity index is 379. The van der Waals surface area contributed by atoms with Crippen molar-refractivity contribution in [1.29, 1.82) is 0 Å². The van der Waals surface area contributed by atoms with E-state index in [9.17, 15) is 4.79 Å². The molecule has 0 amide bonds. The topological polar surface area (TPSA) is 78.8 Å². The van der Waals surface area contributed by atoms with E-state index in [-0.39, 0.29) is 6.61 Å². The molecule has 0 aliphatic heterocycles. The Balaban J connectivity index is 2.45. The number of hydrogen-bond acceptors (Lipinski definition) is 4. The second-order valence-corrected chi connectivity index (χ2v) is 3.60. The van der Waals surface area contributed by atoms with Gasteiger partial charge in [0.05, 0.1) is 25.4 Å². The van der Waals surface area contributed by atoms with Crippen LogP contribution in [0.4, 0.5) is 5.69 Å². The number of benzene rings is 1. The Morgan fingerprint density at radius 2 is 2.18 bits per heavy atom. The fraction of sp³-hybridized carbons (Fsp3) is 0.417. The molecule has 5 heteroatoms. The van der Waals surface area contributed by atoms with Crippen LogP contribution >= 0.6 is 0 Å². The van der Waals surface area contributed by atoms with Crippen molar-refractivity contribution in [3.05, 3.63) is 29.3 Å². The highest BCUT2D eigenvalue weighted by molar-refractivity contribution is 5.89. The molecule has 3 N–H and O–H groups in total. The molecular formula is C12H17NO4. The summed E-state index contributed by atoms with van der Waals surface area (Å²) in [6.07, 6.45) is 0. The van der Waals surface area contributed by atoms with Gasteiger partial charge in [-0.1, -0.05) is 0 Å². The number of hydrogen-bond donors (Lipinski definition) is 3. The van der Waals surface area contributed by atoms with Crippen molar-refractivity contribution in [3.63, 3.8) is 0 Å². The van der Waals surface area contributed by atoms with Crippen molar-refractivity contribution in [2.45, 2.75) is 6.92 Å². The van der Waals surface area contributed by atoms with Crippen molar-refractivity contribution < 1.29 is 19.7 Å². The van der Waals surface area contributed by atoms with Crippen molar-refractivity contribution in [3.8, 4) is 0 Å². The predicted octanol–water partition coefficient (Wildman–Crippen LogP) is 1.11. The number of anilines is 1. The Labute approximate surface area is 100 Å². The molecule has 0 aliphatic carbocycles. The molecule has 0 aliphatic rings. The molecule has 0 radical (unpaired) electrons. The third-order valence-electron chi connectivity index (χ3n) is 2.27. The average molecular weight is 239 g/mol. The van der Waals surface area contributed by atoms with Crippen molar-refractivity contribution >= 4 is 11.7 Å². The molecule has 5 nitrogen and oxygen atoms in total. The highest BCUT2D eigenvalue weighted by Gasteiger charge is 2.06. The number of aryl methyl sites for hydroxylation is 1. The molecule has 0 unspecified atom stereocenters. The predicted molar refractivity (Wildman–Crippen MR) is 64.5 cm³/mol. The highest BCUT2D eigenvalue weighted by atomic mass is 16.5. The molecule has 94 valence electrons. The van der Waals surface area contributed by atoms with Gasteiger partial charge >= 0.3 is 5.97 Å². The van der Waals surface area contributed by atoms with Crippen LogP contribution in [-0.2, 0) is 4.74 Å². The normalized spacial score (nSPS) is 10.2. The van der Waals surface area contributed by atoms with Crippen LogP contribution in [0.25, 0.3) is 0 Å². The van der Waals surface area contributed by atoms with Gasteiger partial charge in [0.2, 0.25) is 0 Å². The Kier molecular flexibility index (Phi) is 5.45. The van der Waals surface area contributed by atoms with Crippen molar-refractivity contribution in [2.75, 3.05) is 31.7 Å². The van der Waals surface area contributed by atoms with Crippen molar-refractivity contribution in [1.82, 2.24) is 0 Å². The quantitative estimate of drug-likeness (QED) is 0.621. The second kappa shape index (κ2) is 6.88. The number of nitrogens with one attached hydrogen (secondary N) is 1. The number of ether oxygens (including phenoxy) is 1. The maximum Gasteiger partial charge on any atom is 0.335 e. The molecule has 0 bridgehead atoms. The van der Waals surface area contributed by atoms with Gasteiger partial charge in [-0.2, -0.15) is 0 Å². The van der Waals surface area contributed by atoms with Crippen LogP contribution in [0, 0.1) is 6.92 Å². The van der Waals surface area contributed by atoms with Gasteiger partial charge in [-0.25, -0.2) is 4.79 Å². The molecule has 17 heavy (non-hydrogen) atoms. The molecule has 0 spiro atoms. The summed E-state index contributed by atoms with van der Waals surface area (Å²) in [5, 5.41) is 20.5. The highest BCUT2D eigenvalue weighted by Crippen LogP contribution is 2.14. The van der Waals surface area contributed by atoms with Crippen LogP contribution in [0.15, 0.2) is 18.2 Å². The molecule has 0 saturated carbocycles. The summed E-state index contributed by atoms with van der Waals surface area (Å²) in [5.41, 5.74) is 1.89. The summed E-state index contributed by atoms with van der Waals surface area (Å²) in [4.78, 5) is 10.8. The van der Waals surface area contributed by atoms with Gasteiger partial charge in [0, 0.05) is 12.2 Å². The van der Waals surface area contributed by atoms with Crippen molar-refractivity contribution in [2.24, 2.45) is 0 Å². The van der Waals surface area contributed by atoms with E-state index in [2.05, 4.69) is 5.32 Å². The van der Waals surface area contributed by atoms with E-state index in [1.807, 2.05) is 0 Å². The monoisotopic (exact) mass is 239 g/mol. The van der Waals surface area contributed by atoms with Crippen LogP contribution < -0.4 is 5.32 Å². The smallest absolute Gasteiger partial charge is 0.335 e. The van der Waals surface area contributed by atoms with E-state index in [0.29, 0.717) is 25.3 Å². The first-order valence-electron chi connectivity index (χ1n) is 5.41. The first-order chi connectivity index (χ1) is 8.15. The molecule has 0 fully saturated rings. The van der Waals surface area contributed by atoms with Crippen LogP contribution in [0.2, 0.25) is 0 Å². The van der Waals surface area contributed by atoms with E-state index < -0.39 is 5.97 Å². The van der Waals surface area contributed by atoms with Gasteiger partial charge in [0.25, 0.3) is 0 Å². The lowest BCUT2D eigenvalue weighted by molar-refractivity contribution is 0.0696. The van der Waals surface area contributed by atoms with Crippen LogP contribution in [-0.4, -0.2) is 42.5 Å². The minimum atomic E-state index is -0.916. The number of carbonyl (C=O) groups is 1. The average Bonchev–Trinajstić information content (AvgIpc) is 2.28. The maximum atomic E-state index is 10.8. The molecule has 0 atom stereocenters. The SMILES string of the molecule is Cc1cc(NCCOCCO)ccc1C(=O)O. The summed E-state index contributed by atoms with van der Waals surface area (Å²) in [7, 11) is 0. The maximum absolute atomic E-state index is 10.8. The van der Waals surface area contributed by atoms with E-state index >= 15 is 0 Å². The molecule has 1 rings (SSSR count). The Morgan fingerprint density at radius 1 is 1.41 bits per heavy atom. The minimum absolute atomic E-state index is 0.0203. The standard InChI is InChI=1S/C12H17NO4/c1-9-8-10(2-3-11(9)12(15)16)13-4-6-17-7-5-14/h2-3,8,13-14H,4-7H2,1H3,(H,15,16). The number of aromatic carboxylic acids is 1. The van der Waals surface area contributed by atoms with E-state index in [1.165, 1.54) is 0 Å². The summed E-state index contributed by atoms with van der Waals surface area (Å²) in [6.45, 7) is 3.23. The van der Waals surface area contributed by atoms with Gasteiger partial charge in [-0.15, -0.1) is 0 Å². The summed E-state index contributed by atoms with van der Waals surface area (Å²) >= 11 is 0. The molecule has 1 aromatic carbocycles. The first-order valence-corrected chi connectivity index (χ1v) is 5.41. The lowest BCUT2D eigenvalue weighted by atomic mass is 10.1. The lowest BCUT2D eigenvalue weighted by Crippen LogP contribution is -2.11. The number of carboxylic acids is 1. The first kappa shape index (κ1) is 13.5. The zero-order valence-electron chi connectivity index (χ0n) is 9.77. The van der Waals surface area contributed by atoms with Gasteiger partial charge in [0.1, 0.15) is 0 Å². The summed E-state index contributed by atoms with van der Waals surface area (Å²) < 4.78 is 5.09. The van der Waals surface area contributed by atoms with Crippen LogP contribution in [0.1, 0.15) is 15.9 Å². The lowest BCUT2D eigenvalue weighted by Gasteiger charge is -2.08. The van der Waals surface area contributed by atoms with Gasteiger partial charge in [0.15, 0.2) is 0 Å². The molecule has 0 saturated heterocycles. The van der Waals surface area contributed by atoms with Crippen LogP contribution in [0.5, 0.6) is 0 Å². The number of aliphatic hydroxyl groups excluding tert-OH is 1. The largest absolute Gasteiger partial charge is 0.478 e. The fourth-order valence-corrected chi connectivity index (χ4v) is 1.45. The second-order valence-electron chi connectivity index (χ2n) is 3.60. The minimum Gasteiger partial charge on any atom is -0.478 e. The van der Waals surface area contributed by atoms with Gasteiger partial charge < -0.3 is 20.3 Å². The summed E-state index contributed by atoms with van der Waals surface area (Å²) in [6, 6.07) is 5.09. The summed E-state index contributed by atoms with van der Waals surface area (Å²) in [5.74, 6) is -0.916. The van der Waals surface area contributed by atoms with E-state index in [4.69, 9.17) is 14.9 Å². The Morgan fingerprint density at radius 3 is 2.76 bits per heavy atom.